The number of halogens is 1. The molecule has 0 amide bonds. The van der Waals surface area contributed by atoms with E-state index in [1.807, 2.05) is 13.8 Å². The highest BCUT2D eigenvalue weighted by molar-refractivity contribution is 7.89. The number of aromatic amines is 1. The molecule has 2 aromatic rings. The molecule has 0 aliphatic heterocycles. The van der Waals surface area contributed by atoms with Crippen LogP contribution in [0.4, 0.5) is 0 Å². The van der Waals surface area contributed by atoms with Gasteiger partial charge in [-0.05, 0) is 12.0 Å². The van der Waals surface area contributed by atoms with E-state index in [1.54, 1.807) is 0 Å². The number of aromatic nitrogens is 2. The summed E-state index contributed by atoms with van der Waals surface area (Å²) >= 11 is 6.07. The third kappa shape index (κ3) is 3.43. The van der Waals surface area contributed by atoms with E-state index in [-0.39, 0.29) is 17.4 Å². The van der Waals surface area contributed by atoms with Crippen LogP contribution in [0, 0.1) is 5.92 Å². The minimum absolute atomic E-state index is 0.0285. The van der Waals surface area contributed by atoms with Crippen molar-refractivity contribution in [1.82, 2.24) is 14.7 Å². The van der Waals surface area contributed by atoms with Gasteiger partial charge in [0.05, 0.1) is 16.5 Å². The topological polar surface area (TPSA) is 95.1 Å². The minimum atomic E-state index is -3.78. The lowest BCUT2D eigenvalue weighted by Gasteiger charge is -2.20. The molecule has 0 saturated heterocycles. The maximum absolute atomic E-state index is 12.4. The van der Waals surface area contributed by atoms with Crippen molar-refractivity contribution < 1.29 is 13.5 Å². The quantitative estimate of drug-likeness (QED) is 0.717. The van der Waals surface area contributed by atoms with Crippen molar-refractivity contribution in [3.8, 4) is 0 Å². The van der Waals surface area contributed by atoms with Crippen LogP contribution >= 0.6 is 11.6 Å². The van der Waals surface area contributed by atoms with E-state index >= 15 is 0 Å². The summed E-state index contributed by atoms with van der Waals surface area (Å²) in [6.07, 6.45) is 3.73. The average Bonchev–Trinajstić information content (AvgIpc) is 2.93. The summed E-state index contributed by atoms with van der Waals surface area (Å²) in [5.41, 5.74) is 0.411. The van der Waals surface area contributed by atoms with Gasteiger partial charge in [-0.1, -0.05) is 38.3 Å². The summed E-state index contributed by atoms with van der Waals surface area (Å²) in [5.74, 6) is 0.0657. The van der Waals surface area contributed by atoms with Crippen LogP contribution in [0.3, 0.4) is 0 Å². The molecule has 1 atom stereocenters. The molecule has 0 aromatic carbocycles. The third-order valence-electron chi connectivity index (χ3n) is 3.85. The summed E-state index contributed by atoms with van der Waals surface area (Å²) < 4.78 is 27.3. The number of aliphatic hydroxyl groups excluding tert-OH is 1. The van der Waals surface area contributed by atoms with Crippen LogP contribution in [0.25, 0.3) is 11.0 Å². The Morgan fingerprint density at radius 2 is 2.09 bits per heavy atom. The zero-order valence-corrected chi connectivity index (χ0v) is 14.1. The normalized spacial score (nSPS) is 13.9. The summed E-state index contributed by atoms with van der Waals surface area (Å²) in [6, 6.07) is 1.54. The van der Waals surface area contributed by atoms with Gasteiger partial charge < -0.3 is 10.1 Å². The first-order valence-corrected chi connectivity index (χ1v) is 9.06. The standard InChI is InChI=1S/C14H20ClN3O3S/c1-3-9(4-2)11(19)7-18-22(20,21)12-8-17-14-13(12)10(15)5-6-16-14/h5-6,8-9,11,18-19H,3-4,7H2,1-2H3,(H,16,17). The van der Waals surface area contributed by atoms with Gasteiger partial charge in [-0.2, -0.15) is 0 Å². The summed E-state index contributed by atoms with van der Waals surface area (Å²) in [7, 11) is -3.78. The van der Waals surface area contributed by atoms with Gasteiger partial charge >= 0.3 is 0 Å². The highest BCUT2D eigenvalue weighted by atomic mass is 35.5. The van der Waals surface area contributed by atoms with Crippen molar-refractivity contribution in [3.05, 3.63) is 23.5 Å². The first kappa shape index (κ1) is 17.2. The number of sulfonamides is 1. The molecule has 0 saturated carbocycles. The zero-order chi connectivity index (χ0) is 16.3. The van der Waals surface area contributed by atoms with Crippen molar-refractivity contribution in [2.75, 3.05) is 6.54 Å². The van der Waals surface area contributed by atoms with E-state index in [1.165, 1.54) is 18.5 Å². The molecule has 0 fully saturated rings. The number of hydrogen-bond donors (Lipinski definition) is 3. The largest absolute Gasteiger partial charge is 0.391 e. The van der Waals surface area contributed by atoms with Crippen LogP contribution in [0.2, 0.25) is 5.02 Å². The van der Waals surface area contributed by atoms with E-state index in [9.17, 15) is 13.5 Å². The monoisotopic (exact) mass is 345 g/mol. The molecular weight excluding hydrogens is 326 g/mol. The van der Waals surface area contributed by atoms with E-state index < -0.39 is 16.1 Å². The number of nitrogens with zero attached hydrogens (tertiary/aromatic N) is 1. The maximum atomic E-state index is 12.4. The Labute approximate surface area is 135 Å². The Kier molecular flexibility index (Phi) is 5.44. The number of nitrogens with one attached hydrogen (secondary N) is 2. The van der Waals surface area contributed by atoms with Crippen LogP contribution < -0.4 is 4.72 Å². The number of hydrogen-bond acceptors (Lipinski definition) is 4. The lowest BCUT2D eigenvalue weighted by Crippen LogP contribution is -2.36. The van der Waals surface area contributed by atoms with Crippen LogP contribution in [-0.2, 0) is 10.0 Å². The number of H-pyrrole nitrogens is 1. The third-order valence-corrected chi connectivity index (χ3v) is 5.61. The highest BCUT2D eigenvalue weighted by Gasteiger charge is 2.23. The van der Waals surface area contributed by atoms with Crippen molar-refractivity contribution >= 4 is 32.7 Å². The van der Waals surface area contributed by atoms with Gasteiger partial charge in [0, 0.05) is 18.9 Å². The Hall–Kier alpha value is -1.15. The molecule has 3 N–H and O–H groups in total. The van der Waals surface area contributed by atoms with Gasteiger partial charge in [-0.15, -0.1) is 0 Å². The molecule has 0 aliphatic carbocycles. The molecule has 0 spiro atoms. The SMILES string of the molecule is CCC(CC)C(O)CNS(=O)(=O)c1c[nH]c2nccc(Cl)c12. The molecule has 2 aromatic heterocycles. The number of fused-ring (bicyclic) bond motifs is 1. The summed E-state index contributed by atoms with van der Waals surface area (Å²) in [5, 5.41) is 10.7. The summed E-state index contributed by atoms with van der Waals surface area (Å²) in [6.45, 7) is 3.91. The molecule has 2 rings (SSSR count). The number of rotatable bonds is 7. The predicted molar refractivity (Wildman–Crippen MR) is 86.4 cm³/mol. The van der Waals surface area contributed by atoms with Gasteiger partial charge in [-0.25, -0.2) is 18.1 Å². The molecule has 1 unspecified atom stereocenters. The second-order valence-electron chi connectivity index (χ2n) is 5.17. The fraction of sp³-hybridized carbons (Fsp3) is 0.500. The van der Waals surface area contributed by atoms with Crippen LogP contribution in [-0.4, -0.2) is 36.1 Å². The van der Waals surface area contributed by atoms with Gasteiger partial charge in [0.15, 0.2) is 0 Å². The molecule has 0 aliphatic rings. The molecule has 6 nitrogen and oxygen atoms in total. The second-order valence-corrected chi connectivity index (χ2v) is 7.31. The molecular formula is C14H20ClN3O3S. The minimum Gasteiger partial charge on any atom is -0.391 e. The highest BCUT2D eigenvalue weighted by Crippen LogP contribution is 2.28. The maximum Gasteiger partial charge on any atom is 0.242 e. The van der Waals surface area contributed by atoms with Gasteiger partial charge in [0.25, 0.3) is 0 Å². The Morgan fingerprint density at radius 3 is 2.73 bits per heavy atom. The van der Waals surface area contributed by atoms with Crippen LogP contribution in [0.5, 0.6) is 0 Å². The molecule has 2 heterocycles. The first-order valence-electron chi connectivity index (χ1n) is 7.20. The lowest BCUT2D eigenvalue weighted by molar-refractivity contribution is 0.107. The fourth-order valence-corrected chi connectivity index (χ4v) is 4.01. The van der Waals surface area contributed by atoms with E-state index in [0.29, 0.717) is 16.1 Å². The Morgan fingerprint density at radius 1 is 1.41 bits per heavy atom. The molecule has 22 heavy (non-hydrogen) atoms. The van der Waals surface area contributed by atoms with Crippen molar-refractivity contribution in [2.24, 2.45) is 5.92 Å². The zero-order valence-electron chi connectivity index (χ0n) is 12.5. The van der Waals surface area contributed by atoms with E-state index in [4.69, 9.17) is 11.6 Å². The van der Waals surface area contributed by atoms with Crippen LogP contribution in [0.1, 0.15) is 26.7 Å². The van der Waals surface area contributed by atoms with E-state index in [0.717, 1.165) is 12.8 Å². The van der Waals surface area contributed by atoms with Gasteiger partial charge in [0.1, 0.15) is 10.5 Å². The van der Waals surface area contributed by atoms with Gasteiger partial charge in [0.2, 0.25) is 10.0 Å². The van der Waals surface area contributed by atoms with Crippen molar-refractivity contribution in [2.45, 2.75) is 37.7 Å². The average molecular weight is 346 g/mol. The molecule has 122 valence electrons. The van der Waals surface area contributed by atoms with Gasteiger partial charge in [-0.3, -0.25) is 0 Å². The summed E-state index contributed by atoms with van der Waals surface area (Å²) in [4.78, 5) is 6.87. The molecule has 8 heteroatoms. The molecule has 0 bridgehead atoms. The van der Waals surface area contributed by atoms with Crippen molar-refractivity contribution in [3.63, 3.8) is 0 Å². The first-order chi connectivity index (χ1) is 10.4. The molecule has 0 radical (unpaired) electrons. The van der Waals surface area contributed by atoms with Crippen LogP contribution in [0.15, 0.2) is 23.4 Å². The second kappa shape index (κ2) is 6.95. The predicted octanol–water partition coefficient (Wildman–Crippen LogP) is 2.29. The Balaban J connectivity index is 2.23. The Bertz CT molecular complexity index is 741. The van der Waals surface area contributed by atoms with E-state index in [2.05, 4.69) is 14.7 Å². The number of aliphatic hydroxyl groups is 1. The fourth-order valence-electron chi connectivity index (χ4n) is 2.47. The van der Waals surface area contributed by atoms with Crippen molar-refractivity contribution in [1.29, 1.82) is 0 Å². The smallest absolute Gasteiger partial charge is 0.242 e. The lowest BCUT2D eigenvalue weighted by atomic mass is 9.97. The number of pyridine rings is 1.